The third-order valence-electron chi connectivity index (χ3n) is 5.54. The van der Waals surface area contributed by atoms with Crippen LogP contribution in [0, 0.1) is 17.7 Å². The maximum Gasteiger partial charge on any atom is 0.243 e. The molecule has 25 heavy (non-hydrogen) atoms. The molecule has 0 unspecified atom stereocenters. The van der Waals surface area contributed by atoms with Crippen molar-refractivity contribution in [1.29, 1.82) is 0 Å². The van der Waals surface area contributed by atoms with Gasteiger partial charge in [-0.25, -0.2) is 12.8 Å². The van der Waals surface area contributed by atoms with Crippen molar-refractivity contribution in [1.82, 2.24) is 9.62 Å². The molecule has 1 aromatic rings. The number of nitrogens with one attached hydrogen (secondary N) is 1. The minimum atomic E-state index is -3.59. The first-order valence-electron chi connectivity index (χ1n) is 9.13. The highest BCUT2D eigenvalue weighted by atomic mass is 35.5. The zero-order valence-corrected chi connectivity index (χ0v) is 16.0. The quantitative estimate of drug-likeness (QED) is 0.837. The predicted molar refractivity (Wildman–Crippen MR) is 97.7 cm³/mol. The Bertz CT molecular complexity index is 684. The summed E-state index contributed by atoms with van der Waals surface area (Å²) in [7, 11) is -3.59. The monoisotopic (exact) mass is 388 g/mol. The molecule has 0 bridgehead atoms. The van der Waals surface area contributed by atoms with Gasteiger partial charge in [-0.3, -0.25) is 0 Å². The van der Waals surface area contributed by atoms with E-state index in [1.54, 1.807) is 0 Å². The molecule has 7 heteroatoms. The van der Waals surface area contributed by atoms with Gasteiger partial charge in [0.1, 0.15) is 5.82 Å². The van der Waals surface area contributed by atoms with Gasteiger partial charge in [-0.05, 0) is 68.8 Å². The Morgan fingerprint density at radius 3 is 2.28 bits per heavy atom. The van der Waals surface area contributed by atoms with E-state index in [4.69, 9.17) is 11.6 Å². The molecule has 0 aliphatic carbocycles. The fourth-order valence-electron chi connectivity index (χ4n) is 3.87. The third-order valence-corrected chi connectivity index (χ3v) is 7.73. The molecular weight excluding hydrogens is 363 g/mol. The molecule has 0 radical (unpaired) electrons. The number of halogens is 2. The molecule has 140 valence electrons. The molecule has 1 aromatic carbocycles. The van der Waals surface area contributed by atoms with Crippen LogP contribution < -0.4 is 5.32 Å². The highest BCUT2D eigenvalue weighted by molar-refractivity contribution is 7.89. The lowest BCUT2D eigenvalue weighted by atomic mass is 9.86. The largest absolute Gasteiger partial charge is 0.317 e. The van der Waals surface area contributed by atoms with E-state index in [9.17, 15) is 12.8 Å². The number of nitrogens with zero attached hydrogens (tertiary/aromatic N) is 1. The van der Waals surface area contributed by atoms with Crippen LogP contribution in [0.25, 0.3) is 0 Å². The summed E-state index contributed by atoms with van der Waals surface area (Å²) in [6, 6.07) is 3.61. The first-order valence-corrected chi connectivity index (χ1v) is 10.9. The zero-order valence-electron chi connectivity index (χ0n) is 14.4. The predicted octanol–water partition coefficient (Wildman–Crippen LogP) is 3.66. The van der Waals surface area contributed by atoms with Gasteiger partial charge in [-0.15, -0.1) is 0 Å². The minimum Gasteiger partial charge on any atom is -0.317 e. The van der Waals surface area contributed by atoms with Gasteiger partial charge in [-0.1, -0.05) is 24.4 Å². The van der Waals surface area contributed by atoms with Crippen molar-refractivity contribution >= 4 is 21.6 Å². The number of hydrogen-bond donors (Lipinski definition) is 1. The second kappa shape index (κ2) is 8.33. The summed E-state index contributed by atoms with van der Waals surface area (Å²) in [5.41, 5.74) is 0. The van der Waals surface area contributed by atoms with Gasteiger partial charge in [0.05, 0.1) is 9.92 Å². The Morgan fingerprint density at radius 1 is 1.08 bits per heavy atom. The van der Waals surface area contributed by atoms with Crippen molar-refractivity contribution in [2.75, 3.05) is 26.2 Å². The molecule has 2 aliphatic rings. The van der Waals surface area contributed by atoms with Gasteiger partial charge < -0.3 is 5.32 Å². The van der Waals surface area contributed by atoms with Gasteiger partial charge in [0.15, 0.2) is 0 Å². The topological polar surface area (TPSA) is 49.4 Å². The summed E-state index contributed by atoms with van der Waals surface area (Å²) in [5, 5.41) is 3.24. The lowest BCUT2D eigenvalue weighted by Gasteiger charge is -2.32. The first-order chi connectivity index (χ1) is 12.0. The Morgan fingerprint density at radius 2 is 1.68 bits per heavy atom. The van der Waals surface area contributed by atoms with Gasteiger partial charge >= 0.3 is 0 Å². The van der Waals surface area contributed by atoms with Crippen molar-refractivity contribution in [3.63, 3.8) is 0 Å². The Balaban J connectivity index is 1.53. The van der Waals surface area contributed by atoms with Crippen molar-refractivity contribution < 1.29 is 12.8 Å². The molecule has 4 nitrogen and oxygen atoms in total. The second-order valence-corrected chi connectivity index (χ2v) is 9.54. The van der Waals surface area contributed by atoms with Gasteiger partial charge in [-0.2, -0.15) is 4.31 Å². The van der Waals surface area contributed by atoms with E-state index >= 15 is 0 Å². The molecule has 2 heterocycles. The van der Waals surface area contributed by atoms with E-state index in [0.29, 0.717) is 19.0 Å². The van der Waals surface area contributed by atoms with Crippen LogP contribution >= 0.6 is 11.6 Å². The molecular formula is C18H26ClFN2O2S. The first kappa shape index (κ1) is 19.1. The van der Waals surface area contributed by atoms with Crippen molar-refractivity contribution in [2.24, 2.45) is 11.8 Å². The number of benzene rings is 1. The van der Waals surface area contributed by atoms with Crippen LogP contribution in [0.4, 0.5) is 4.39 Å². The molecule has 0 saturated carbocycles. The van der Waals surface area contributed by atoms with E-state index in [0.717, 1.165) is 37.9 Å². The smallest absolute Gasteiger partial charge is 0.243 e. The lowest BCUT2D eigenvalue weighted by molar-refractivity contribution is 0.239. The highest BCUT2D eigenvalue weighted by Gasteiger charge is 2.30. The van der Waals surface area contributed by atoms with Crippen LogP contribution in [0.3, 0.4) is 0 Å². The standard InChI is InChI=1S/C18H26ClFN2O2S/c19-17-13-16(3-4-18(17)20)25(23,24)22-11-7-15(8-12-22)2-1-14-5-9-21-10-6-14/h3-4,13-15,21H,1-2,5-12H2. The maximum atomic E-state index is 13.3. The number of piperidine rings is 2. The fourth-order valence-corrected chi connectivity index (χ4v) is 5.61. The van der Waals surface area contributed by atoms with E-state index in [1.807, 2.05) is 0 Å². The van der Waals surface area contributed by atoms with Gasteiger partial charge in [0.25, 0.3) is 0 Å². The zero-order chi connectivity index (χ0) is 17.9. The van der Waals surface area contributed by atoms with Crippen LogP contribution in [0.1, 0.15) is 38.5 Å². The normalized spacial score (nSPS) is 21.5. The van der Waals surface area contributed by atoms with E-state index in [-0.39, 0.29) is 9.92 Å². The maximum absolute atomic E-state index is 13.3. The third kappa shape index (κ3) is 4.73. The van der Waals surface area contributed by atoms with Crippen LogP contribution in [0.15, 0.2) is 23.1 Å². The lowest BCUT2D eigenvalue weighted by Crippen LogP contribution is -2.38. The van der Waals surface area contributed by atoms with Crippen molar-refractivity contribution in [3.8, 4) is 0 Å². The van der Waals surface area contributed by atoms with Gasteiger partial charge in [0, 0.05) is 13.1 Å². The molecule has 2 aliphatic heterocycles. The number of hydrogen-bond acceptors (Lipinski definition) is 3. The molecule has 0 spiro atoms. The molecule has 1 N–H and O–H groups in total. The van der Waals surface area contributed by atoms with Gasteiger partial charge in [0.2, 0.25) is 10.0 Å². The van der Waals surface area contributed by atoms with Crippen LogP contribution in [-0.4, -0.2) is 38.9 Å². The van der Waals surface area contributed by atoms with E-state index < -0.39 is 15.8 Å². The number of sulfonamides is 1. The van der Waals surface area contributed by atoms with E-state index in [2.05, 4.69) is 5.32 Å². The summed E-state index contributed by atoms with van der Waals surface area (Å²) in [6.07, 6.45) is 6.78. The number of rotatable bonds is 5. The Labute approximate surface area is 154 Å². The van der Waals surface area contributed by atoms with Crippen LogP contribution in [0.5, 0.6) is 0 Å². The summed E-state index contributed by atoms with van der Waals surface area (Å²) >= 11 is 5.73. The highest BCUT2D eigenvalue weighted by Crippen LogP contribution is 2.30. The average Bonchev–Trinajstić information content (AvgIpc) is 2.63. The van der Waals surface area contributed by atoms with E-state index in [1.165, 1.54) is 42.1 Å². The molecule has 3 rings (SSSR count). The average molecular weight is 389 g/mol. The Kier molecular flexibility index (Phi) is 6.36. The van der Waals surface area contributed by atoms with Crippen LogP contribution in [0.2, 0.25) is 5.02 Å². The molecule has 0 amide bonds. The Hall–Kier alpha value is -0.690. The van der Waals surface area contributed by atoms with Crippen LogP contribution in [-0.2, 0) is 10.0 Å². The molecule has 0 aromatic heterocycles. The second-order valence-electron chi connectivity index (χ2n) is 7.19. The molecule has 2 saturated heterocycles. The summed E-state index contributed by atoms with van der Waals surface area (Å²) in [4.78, 5) is 0.0760. The SMILES string of the molecule is O=S(=O)(c1ccc(F)c(Cl)c1)N1CCC(CCC2CCNCC2)CC1. The molecule has 0 atom stereocenters. The summed E-state index contributed by atoms with van der Waals surface area (Å²) < 4.78 is 40.2. The minimum absolute atomic E-state index is 0.0760. The summed E-state index contributed by atoms with van der Waals surface area (Å²) in [6.45, 7) is 3.33. The molecule has 2 fully saturated rings. The van der Waals surface area contributed by atoms with Crippen molar-refractivity contribution in [2.45, 2.75) is 43.4 Å². The van der Waals surface area contributed by atoms with Crippen molar-refractivity contribution in [3.05, 3.63) is 29.0 Å². The fraction of sp³-hybridized carbons (Fsp3) is 0.667. The summed E-state index contributed by atoms with van der Waals surface area (Å²) in [5.74, 6) is 0.833.